The lowest BCUT2D eigenvalue weighted by molar-refractivity contribution is -0.144. The Morgan fingerprint density at radius 1 is 1.43 bits per heavy atom. The molecule has 1 saturated carbocycles. The summed E-state index contributed by atoms with van der Waals surface area (Å²) in [5, 5.41) is 0. The molecule has 2 heterocycles. The van der Waals surface area contributed by atoms with Gasteiger partial charge in [0.25, 0.3) is 0 Å². The van der Waals surface area contributed by atoms with E-state index in [2.05, 4.69) is 16.0 Å². The Hall–Kier alpha value is -1.50. The zero-order chi connectivity index (χ0) is 16.2. The number of rotatable bonds is 5. The third-order valence-electron chi connectivity index (χ3n) is 4.66. The quantitative estimate of drug-likeness (QED) is 0.808. The van der Waals surface area contributed by atoms with E-state index < -0.39 is 0 Å². The molecule has 0 aromatic carbocycles. The van der Waals surface area contributed by atoms with Crippen LogP contribution in [0.3, 0.4) is 0 Å². The third-order valence-corrected chi connectivity index (χ3v) is 4.66. The second-order valence-electron chi connectivity index (χ2n) is 6.41. The van der Waals surface area contributed by atoms with E-state index in [9.17, 15) is 4.79 Å². The molecule has 6 heteroatoms. The lowest BCUT2D eigenvalue weighted by Gasteiger charge is -2.38. The minimum absolute atomic E-state index is 0.00500. The van der Waals surface area contributed by atoms with Crippen molar-refractivity contribution in [1.29, 1.82) is 0 Å². The van der Waals surface area contributed by atoms with Gasteiger partial charge in [0, 0.05) is 39.4 Å². The summed E-state index contributed by atoms with van der Waals surface area (Å²) >= 11 is 0. The van der Waals surface area contributed by atoms with E-state index in [0.29, 0.717) is 12.6 Å². The number of hydrogen-bond donors (Lipinski definition) is 0. The minimum atomic E-state index is -0.00500. The van der Waals surface area contributed by atoms with Crippen LogP contribution in [0.15, 0.2) is 24.4 Å². The molecule has 126 valence electrons. The van der Waals surface area contributed by atoms with Crippen LogP contribution in [0.1, 0.15) is 18.5 Å². The van der Waals surface area contributed by atoms with Gasteiger partial charge in [-0.2, -0.15) is 0 Å². The van der Waals surface area contributed by atoms with E-state index in [1.54, 1.807) is 19.0 Å². The van der Waals surface area contributed by atoms with Gasteiger partial charge < -0.3 is 14.4 Å². The molecule has 0 unspecified atom stereocenters. The first-order valence-corrected chi connectivity index (χ1v) is 8.22. The highest BCUT2D eigenvalue weighted by atomic mass is 16.5. The maximum atomic E-state index is 11.7. The van der Waals surface area contributed by atoms with Gasteiger partial charge in [0.05, 0.1) is 24.5 Å². The molecule has 0 N–H and O–H groups in total. The number of carbonyl (C=O) groups excluding carboxylic acids is 1. The summed E-state index contributed by atoms with van der Waals surface area (Å²) in [4.78, 5) is 20.1. The molecule has 0 spiro atoms. The van der Waals surface area contributed by atoms with Crippen LogP contribution in [0.2, 0.25) is 0 Å². The zero-order valence-corrected chi connectivity index (χ0v) is 13.9. The van der Waals surface area contributed by atoms with Crippen molar-refractivity contribution in [2.75, 3.05) is 33.9 Å². The van der Waals surface area contributed by atoms with Crippen LogP contribution >= 0.6 is 0 Å². The van der Waals surface area contributed by atoms with Gasteiger partial charge in [0.15, 0.2) is 0 Å². The van der Waals surface area contributed by atoms with Gasteiger partial charge >= 0.3 is 0 Å². The van der Waals surface area contributed by atoms with Gasteiger partial charge in [-0.25, -0.2) is 0 Å². The molecular formula is C17H25N3O3. The summed E-state index contributed by atoms with van der Waals surface area (Å²) in [5.74, 6) is -0.00500. The smallest absolute Gasteiger partial charge is 0.248 e. The molecule has 1 aliphatic heterocycles. The molecule has 1 aliphatic carbocycles. The minimum Gasteiger partial charge on any atom is -0.373 e. The maximum absolute atomic E-state index is 11.7. The van der Waals surface area contributed by atoms with Crippen molar-refractivity contribution >= 4 is 5.91 Å². The Kier molecular flexibility index (Phi) is 5.25. The fourth-order valence-electron chi connectivity index (χ4n) is 3.37. The van der Waals surface area contributed by atoms with Gasteiger partial charge in [-0.05, 0) is 25.0 Å². The summed E-state index contributed by atoms with van der Waals surface area (Å²) in [7, 11) is 3.49. The van der Waals surface area contributed by atoms with Crippen LogP contribution in [-0.2, 0) is 20.8 Å². The van der Waals surface area contributed by atoms with Crippen molar-refractivity contribution in [1.82, 2.24) is 14.8 Å². The SMILES string of the molecule is CN(C)C(=O)CO[C@@H]1CC[C@H]2[C@H]1OCCN2Cc1ccccn1. The van der Waals surface area contributed by atoms with Crippen LogP contribution < -0.4 is 0 Å². The summed E-state index contributed by atoms with van der Waals surface area (Å²) < 4.78 is 11.8. The molecule has 1 amide bonds. The zero-order valence-electron chi connectivity index (χ0n) is 13.9. The molecule has 1 aromatic heterocycles. The van der Waals surface area contributed by atoms with Crippen LogP contribution in [0.4, 0.5) is 0 Å². The Bertz CT molecular complexity index is 523. The lowest BCUT2D eigenvalue weighted by Crippen LogP contribution is -2.51. The van der Waals surface area contributed by atoms with Crippen molar-refractivity contribution in [3.63, 3.8) is 0 Å². The fourth-order valence-corrected chi connectivity index (χ4v) is 3.37. The summed E-state index contributed by atoms with van der Waals surface area (Å²) in [6, 6.07) is 6.37. The van der Waals surface area contributed by atoms with Crippen molar-refractivity contribution in [2.45, 2.75) is 37.6 Å². The molecule has 2 fully saturated rings. The van der Waals surface area contributed by atoms with E-state index >= 15 is 0 Å². The molecule has 1 aromatic rings. The Labute approximate surface area is 137 Å². The van der Waals surface area contributed by atoms with E-state index in [1.165, 1.54) is 0 Å². The monoisotopic (exact) mass is 319 g/mol. The van der Waals surface area contributed by atoms with Crippen molar-refractivity contribution in [3.05, 3.63) is 30.1 Å². The third kappa shape index (κ3) is 3.88. The first-order chi connectivity index (χ1) is 11.1. The van der Waals surface area contributed by atoms with Gasteiger partial charge in [0.1, 0.15) is 6.61 Å². The number of pyridine rings is 1. The predicted octanol–water partition coefficient (Wildman–Crippen LogP) is 0.918. The van der Waals surface area contributed by atoms with Gasteiger partial charge in [0.2, 0.25) is 5.91 Å². The fraction of sp³-hybridized carbons (Fsp3) is 0.647. The van der Waals surface area contributed by atoms with Crippen LogP contribution in [0.25, 0.3) is 0 Å². The number of ether oxygens (including phenoxy) is 2. The highest BCUT2D eigenvalue weighted by molar-refractivity contribution is 5.76. The van der Waals surface area contributed by atoms with E-state index in [-0.39, 0.29) is 24.7 Å². The Morgan fingerprint density at radius 3 is 3.04 bits per heavy atom. The number of aromatic nitrogens is 1. The van der Waals surface area contributed by atoms with E-state index in [0.717, 1.165) is 31.6 Å². The van der Waals surface area contributed by atoms with E-state index in [4.69, 9.17) is 9.47 Å². The van der Waals surface area contributed by atoms with Gasteiger partial charge in [-0.15, -0.1) is 0 Å². The summed E-state index contributed by atoms with van der Waals surface area (Å²) in [5.41, 5.74) is 1.08. The molecule has 23 heavy (non-hydrogen) atoms. The average Bonchev–Trinajstić information content (AvgIpc) is 2.98. The second kappa shape index (κ2) is 7.38. The van der Waals surface area contributed by atoms with Crippen molar-refractivity contribution in [3.8, 4) is 0 Å². The molecule has 3 rings (SSSR count). The number of nitrogens with zero attached hydrogens (tertiary/aromatic N) is 3. The number of likely N-dealkylation sites (N-methyl/N-ethyl adjacent to an activating group) is 1. The number of fused-ring (bicyclic) bond motifs is 1. The molecule has 1 saturated heterocycles. The molecule has 2 aliphatic rings. The van der Waals surface area contributed by atoms with Crippen LogP contribution in [0.5, 0.6) is 0 Å². The normalized spacial score (nSPS) is 27.7. The summed E-state index contributed by atoms with van der Waals surface area (Å²) in [6.45, 7) is 2.59. The maximum Gasteiger partial charge on any atom is 0.248 e. The topological polar surface area (TPSA) is 54.9 Å². The lowest BCUT2D eigenvalue weighted by atomic mass is 10.1. The van der Waals surface area contributed by atoms with Crippen molar-refractivity contribution in [2.24, 2.45) is 0 Å². The molecule has 0 radical (unpaired) electrons. The van der Waals surface area contributed by atoms with Gasteiger partial charge in [-0.3, -0.25) is 14.7 Å². The molecular weight excluding hydrogens is 294 g/mol. The first-order valence-electron chi connectivity index (χ1n) is 8.22. The number of morpholine rings is 1. The van der Waals surface area contributed by atoms with Crippen LogP contribution in [0, 0.1) is 0 Å². The molecule has 0 bridgehead atoms. The summed E-state index contributed by atoms with van der Waals surface area (Å²) in [6.07, 6.45) is 3.88. The largest absolute Gasteiger partial charge is 0.373 e. The van der Waals surface area contributed by atoms with Gasteiger partial charge in [-0.1, -0.05) is 6.07 Å². The number of carbonyl (C=O) groups is 1. The highest BCUT2D eigenvalue weighted by Gasteiger charge is 2.43. The van der Waals surface area contributed by atoms with Crippen molar-refractivity contribution < 1.29 is 14.3 Å². The first kappa shape index (κ1) is 16.4. The van der Waals surface area contributed by atoms with E-state index in [1.807, 2.05) is 18.3 Å². The molecule has 3 atom stereocenters. The highest BCUT2D eigenvalue weighted by Crippen LogP contribution is 2.32. The second-order valence-corrected chi connectivity index (χ2v) is 6.41. The Balaban J connectivity index is 1.58. The average molecular weight is 319 g/mol. The number of hydrogen-bond acceptors (Lipinski definition) is 5. The predicted molar refractivity (Wildman–Crippen MR) is 85.8 cm³/mol. The number of amides is 1. The molecule has 6 nitrogen and oxygen atoms in total. The standard InChI is InChI=1S/C17H25N3O3/c1-19(2)16(21)12-23-15-7-6-14-17(15)22-10-9-20(14)11-13-5-3-4-8-18-13/h3-5,8,14-15,17H,6-7,9-12H2,1-2H3/t14-,15+,17+/m0/s1. The Morgan fingerprint density at radius 2 is 2.30 bits per heavy atom. The van der Waals surface area contributed by atoms with Crippen LogP contribution in [-0.4, -0.2) is 72.8 Å².